The molecule has 0 spiro atoms. The number of carbonyl (C=O) groups is 4. The van der Waals surface area contributed by atoms with E-state index in [9.17, 15) is 19.2 Å². The van der Waals surface area contributed by atoms with Gasteiger partial charge in [-0.15, -0.1) is 0 Å². The second-order valence-corrected chi connectivity index (χ2v) is 21.5. The first-order chi connectivity index (χ1) is 42.3. The van der Waals surface area contributed by atoms with Crippen LogP contribution in [0, 0.1) is 0 Å². The fourth-order valence-electron chi connectivity index (χ4n) is 13.3. The van der Waals surface area contributed by atoms with Crippen molar-refractivity contribution in [2.24, 2.45) is 0 Å². The predicted octanol–water partition coefficient (Wildman–Crippen LogP) is 15.9. The van der Waals surface area contributed by atoms with Gasteiger partial charge in [0.1, 0.15) is 22.3 Å². The van der Waals surface area contributed by atoms with Crippen LogP contribution in [0.4, 0.5) is 11.4 Å². The Kier molecular flexibility index (Phi) is 9.76. The first-order valence-electron chi connectivity index (χ1n) is 27.9. The molecule has 0 radical (unpaired) electrons. The summed E-state index contributed by atoms with van der Waals surface area (Å²) in [6.07, 6.45) is 5.62. The van der Waals surface area contributed by atoms with Crippen LogP contribution in [0.5, 0.6) is 0 Å². The molecule has 0 N–H and O–H groups in total. The first-order valence-corrected chi connectivity index (χ1v) is 27.9. The zero-order valence-corrected chi connectivity index (χ0v) is 45.0. The number of carbonyl (C=O) groups excluding carboxylic acids is 4. The van der Waals surface area contributed by atoms with E-state index in [0.717, 1.165) is 131 Å². The van der Waals surface area contributed by atoms with Gasteiger partial charge in [-0.3, -0.25) is 19.2 Å². The first kappa shape index (κ1) is 47.5. The van der Waals surface area contributed by atoms with Gasteiger partial charge in [-0.2, -0.15) is 0 Å². The summed E-state index contributed by atoms with van der Waals surface area (Å²) < 4.78 is 17.9. The van der Waals surface area contributed by atoms with Crippen LogP contribution in [0.1, 0.15) is 42.0 Å². The second-order valence-electron chi connectivity index (χ2n) is 21.5. The summed E-state index contributed by atoms with van der Waals surface area (Å²) in [6.45, 7) is 0. The van der Waals surface area contributed by atoms with Gasteiger partial charge < -0.3 is 18.0 Å². The Morgan fingerprint density at radius 3 is 1.24 bits per heavy atom. The number of hydrogen-bond donors (Lipinski definition) is 0. The average molecular weight is 1110 g/mol. The Bertz CT molecular complexity index is 5660. The molecule has 16 aromatic rings. The summed E-state index contributed by atoms with van der Waals surface area (Å²) in [4.78, 5) is 75.8. The zero-order valence-electron chi connectivity index (χ0n) is 45.0. The maximum absolute atomic E-state index is 14.1. The van der Waals surface area contributed by atoms with Crippen LogP contribution in [0.2, 0.25) is 0 Å². The Morgan fingerprint density at radius 1 is 0.302 bits per heavy atom. The topological polar surface area (TPSA) is 162 Å². The highest BCUT2D eigenvalue weighted by atomic mass is 16.3. The monoisotopic (exact) mass is 1110 g/mol. The molecular weight excluding hydrogens is 1070 g/mol. The number of imide groups is 2. The summed E-state index contributed by atoms with van der Waals surface area (Å²) >= 11 is 0. The van der Waals surface area contributed by atoms with Gasteiger partial charge in [0.25, 0.3) is 23.6 Å². The van der Waals surface area contributed by atoms with Gasteiger partial charge in [0, 0.05) is 68.4 Å². The number of benzene rings is 10. The van der Waals surface area contributed by atoms with Crippen molar-refractivity contribution in [2.75, 3.05) is 9.80 Å². The minimum atomic E-state index is -0.571. The molecule has 0 saturated carbocycles. The van der Waals surface area contributed by atoms with Crippen molar-refractivity contribution in [1.29, 1.82) is 0 Å². The molecule has 2 aliphatic heterocycles. The number of para-hydroxylation sites is 4. The minimum Gasteiger partial charge on any atom is -0.455 e. The Hall–Kier alpha value is -12.2. The van der Waals surface area contributed by atoms with E-state index < -0.39 is 23.6 Å². The van der Waals surface area contributed by atoms with E-state index in [-0.39, 0.29) is 22.8 Å². The Balaban J connectivity index is 0.898. The molecule has 10 aromatic carbocycles. The summed E-state index contributed by atoms with van der Waals surface area (Å²) in [5, 5.41) is 8.04. The molecule has 402 valence electrons. The number of rotatable bonds is 7. The second kappa shape index (κ2) is 17.7. The average Bonchev–Trinajstić information content (AvgIpc) is 1.95. The summed E-state index contributed by atoms with van der Waals surface area (Å²) in [5.41, 5.74) is 13.8. The highest BCUT2D eigenvalue weighted by Gasteiger charge is 2.41. The van der Waals surface area contributed by atoms with Gasteiger partial charge in [-0.25, -0.2) is 29.7 Å². The predicted molar refractivity (Wildman–Crippen MR) is 332 cm³/mol. The van der Waals surface area contributed by atoms with Crippen molar-refractivity contribution in [2.45, 2.75) is 0 Å². The van der Waals surface area contributed by atoms with Crippen LogP contribution < -0.4 is 9.80 Å². The molecule has 2 aliphatic rings. The van der Waals surface area contributed by atoms with Crippen LogP contribution in [-0.2, 0) is 0 Å². The largest absolute Gasteiger partial charge is 0.455 e. The van der Waals surface area contributed by atoms with Crippen molar-refractivity contribution in [3.8, 4) is 44.8 Å². The number of hydrogen-bond acceptors (Lipinski definition) is 10. The van der Waals surface area contributed by atoms with Crippen molar-refractivity contribution in [3.05, 3.63) is 254 Å². The number of fused-ring (bicyclic) bond motifs is 16. The molecule has 4 amide bonds. The van der Waals surface area contributed by atoms with Gasteiger partial charge in [-0.1, -0.05) is 109 Å². The molecule has 0 atom stereocenters. The van der Waals surface area contributed by atoms with E-state index in [2.05, 4.69) is 132 Å². The maximum atomic E-state index is 14.1. The van der Waals surface area contributed by atoms with Crippen LogP contribution in [0.15, 0.2) is 240 Å². The molecule has 14 nitrogen and oxygen atoms in total. The van der Waals surface area contributed by atoms with E-state index in [1.165, 1.54) is 24.8 Å². The highest BCUT2D eigenvalue weighted by Crippen LogP contribution is 2.48. The molecule has 0 saturated heterocycles. The standard InChI is InChI=1S/C72H38N8O6/c81-69-63-64(74-32-31-73-63)70(82)78(69)43-13-9-11-40(35-43)52-38-58(80-55-20-6-2-18-50(55)62-57(80)30-28-48-46-16-4-8-22-60(46)86-68(48)62)53(41-12-10-14-44(36-41)79-71(83)65-66(72(79)84)76-34-33-75-65)37-51(52)39-23-25-42(26-24-39)77-54-19-5-1-17-49(54)61-56(77)29-27-47-45-15-3-7-21-59(45)85-67(47)61/h1-38H. The maximum Gasteiger partial charge on any atom is 0.286 e. The molecule has 18 rings (SSSR count). The van der Waals surface area contributed by atoms with Crippen molar-refractivity contribution in [1.82, 2.24) is 29.1 Å². The molecule has 0 fully saturated rings. The SMILES string of the molecule is O=C1c2nccnc2C(=O)N1c1cccc(-c2cc(-n3c4ccccc4c4c5oc6ccccc6c5ccc43)c(-c3cccc(N4C(=O)c5nccnc5C4=O)c3)cc2-c2ccc(-n3c4ccccc4c4c5oc6ccccc6c5ccc43)cc2)c1. The van der Waals surface area contributed by atoms with Gasteiger partial charge in [0.05, 0.1) is 49.9 Å². The molecular formula is C72H38N8O6. The summed E-state index contributed by atoms with van der Waals surface area (Å²) in [7, 11) is 0. The fourth-order valence-corrected chi connectivity index (χ4v) is 13.3. The number of amides is 4. The van der Waals surface area contributed by atoms with Gasteiger partial charge in [-0.05, 0) is 125 Å². The molecule has 6 aromatic heterocycles. The van der Waals surface area contributed by atoms with Crippen molar-refractivity contribution in [3.63, 3.8) is 0 Å². The Morgan fingerprint density at radius 2 is 0.733 bits per heavy atom. The lowest BCUT2D eigenvalue weighted by Crippen LogP contribution is -2.29. The number of nitrogens with zero attached hydrogens (tertiary/aromatic N) is 8. The van der Waals surface area contributed by atoms with E-state index in [1.54, 1.807) is 12.1 Å². The number of furan rings is 2. The third-order valence-electron chi connectivity index (χ3n) is 17.0. The van der Waals surface area contributed by atoms with Crippen molar-refractivity contribution >= 4 is 122 Å². The molecule has 14 heteroatoms. The molecule has 0 bridgehead atoms. The lowest BCUT2D eigenvalue weighted by Gasteiger charge is -2.22. The molecule has 86 heavy (non-hydrogen) atoms. The summed E-state index contributed by atoms with van der Waals surface area (Å²) in [6, 6.07) is 68.8. The molecule has 0 unspecified atom stereocenters. The van der Waals surface area contributed by atoms with E-state index >= 15 is 0 Å². The normalized spacial score (nSPS) is 13.4. The van der Waals surface area contributed by atoms with Gasteiger partial charge in [0.15, 0.2) is 22.8 Å². The number of aromatic nitrogens is 6. The lowest BCUT2D eigenvalue weighted by molar-refractivity contribution is 0.0907. The van der Waals surface area contributed by atoms with Crippen LogP contribution in [-0.4, -0.2) is 52.7 Å². The van der Waals surface area contributed by atoms with Crippen LogP contribution in [0.3, 0.4) is 0 Å². The van der Waals surface area contributed by atoms with E-state index in [1.807, 2.05) is 91.0 Å². The quantitative estimate of drug-likeness (QED) is 0.140. The summed E-state index contributed by atoms with van der Waals surface area (Å²) in [5.74, 6) is -2.28. The fraction of sp³-hybridized carbons (Fsp3) is 0. The van der Waals surface area contributed by atoms with Crippen LogP contribution in [0.25, 0.3) is 132 Å². The molecule has 0 aliphatic carbocycles. The zero-order chi connectivity index (χ0) is 57.1. The minimum absolute atomic E-state index is 0.0125. The third-order valence-corrected chi connectivity index (χ3v) is 17.0. The lowest BCUT2D eigenvalue weighted by atomic mass is 9.89. The van der Waals surface area contributed by atoms with Gasteiger partial charge in [0.2, 0.25) is 0 Å². The van der Waals surface area contributed by atoms with E-state index in [0.29, 0.717) is 22.5 Å². The number of anilines is 2. The van der Waals surface area contributed by atoms with Crippen molar-refractivity contribution < 1.29 is 28.0 Å². The highest BCUT2D eigenvalue weighted by molar-refractivity contribution is 6.34. The smallest absolute Gasteiger partial charge is 0.286 e. The molecule has 8 heterocycles. The van der Waals surface area contributed by atoms with Gasteiger partial charge >= 0.3 is 0 Å². The van der Waals surface area contributed by atoms with Crippen LogP contribution >= 0.6 is 0 Å². The van der Waals surface area contributed by atoms with E-state index in [4.69, 9.17) is 8.83 Å². The Labute approximate surface area is 485 Å². The third kappa shape index (κ3) is 6.59.